The number of benzene rings is 1. The molecule has 1 amide bonds. The number of aromatic amines is 1. The number of aryl methyl sites for hydroxylation is 1. The number of hydrogen-bond acceptors (Lipinski definition) is 4. The number of fused-ring (bicyclic) bond motifs is 1. The number of likely N-dealkylation sites (tertiary alicyclic amines) is 1. The average molecular weight is 535 g/mol. The average Bonchev–Trinajstić information content (AvgIpc) is 3.13. The Hall–Kier alpha value is -2.72. The van der Waals surface area contributed by atoms with E-state index in [9.17, 15) is 22.8 Å². The lowest BCUT2D eigenvalue weighted by molar-refractivity contribution is -0.149. The number of thioether (sulfide) groups is 1. The van der Waals surface area contributed by atoms with Crippen LogP contribution < -0.4 is 10.9 Å². The van der Waals surface area contributed by atoms with Gasteiger partial charge in [0.1, 0.15) is 0 Å². The maximum absolute atomic E-state index is 13.5. The molecule has 2 aromatic heterocycles. The standard InChI is InChI=1S/C27H33F3N4O2S/c1-16-13-23(37-4)21(25(35)32-16)14-31-26(36)24-18(3)34(22-8-6-5-7-20(22)24)17(2)19-9-11-33(12-10-19)15-27(28,29)30/h5-8,13,17,19H,9-12,14-15H2,1-4H3,(H,31,36)(H,32,35)/t17-/m1/s1. The number of carbonyl (C=O) groups is 1. The van der Waals surface area contributed by atoms with E-state index in [2.05, 4.69) is 21.8 Å². The van der Waals surface area contributed by atoms with Gasteiger partial charge in [-0.1, -0.05) is 18.2 Å². The van der Waals surface area contributed by atoms with Crippen molar-refractivity contribution in [2.75, 3.05) is 25.9 Å². The number of halogens is 3. The fourth-order valence-corrected chi connectivity index (χ4v) is 6.26. The number of alkyl halides is 3. The van der Waals surface area contributed by atoms with Crippen LogP contribution in [0.15, 0.2) is 40.0 Å². The van der Waals surface area contributed by atoms with Gasteiger partial charge in [0.15, 0.2) is 0 Å². The Balaban J connectivity index is 1.58. The second-order valence-electron chi connectivity index (χ2n) is 9.83. The zero-order valence-corrected chi connectivity index (χ0v) is 22.4. The first kappa shape index (κ1) is 27.3. The van der Waals surface area contributed by atoms with Crippen LogP contribution in [0.2, 0.25) is 0 Å². The topological polar surface area (TPSA) is 70.1 Å². The van der Waals surface area contributed by atoms with E-state index in [1.807, 2.05) is 50.4 Å². The Bertz CT molecular complexity index is 1340. The summed E-state index contributed by atoms with van der Waals surface area (Å²) in [7, 11) is 0. The lowest BCUT2D eigenvalue weighted by atomic mass is 9.90. The number of nitrogens with zero attached hydrogens (tertiary/aromatic N) is 2. The van der Waals surface area contributed by atoms with E-state index < -0.39 is 12.7 Å². The minimum absolute atomic E-state index is 0.0162. The van der Waals surface area contributed by atoms with Crippen LogP contribution in [-0.4, -0.2) is 52.4 Å². The summed E-state index contributed by atoms with van der Waals surface area (Å²) in [5.41, 5.74) is 3.37. The molecule has 3 aromatic rings. The van der Waals surface area contributed by atoms with Crippen LogP contribution in [-0.2, 0) is 6.54 Å². The molecule has 1 atom stereocenters. The largest absolute Gasteiger partial charge is 0.401 e. The van der Waals surface area contributed by atoms with Crippen molar-refractivity contribution in [3.63, 3.8) is 0 Å². The summed E-state index contributed by atoms with van der Waals surface area (Å²) in [5, 5.41) is 3.76. The lowest BCUT2D eigenvalue weighted by Crippen LogP contribution is -2.41. The molecule has 0 saturated carbocycles. The second kappa shape index (κ2) is 10.9. The summed E-state index contributed by atoms with van der Waals surface area (Å²) in [6, 6.07) is 9.62. The number of para-hydroxylation sites is 1. The highest BCUT2D eigenvalue weighted by atomic mass is 32.2. The van der Waals surface area contributed by atoms with Crippen LogP contribution in [0.1, 0.15) is 53.1 Å². The molecule has 10 heteroatoms. The summed E-state index contributed by atoms with van der Waals surface area (Å²) in [4.78, 5) is 31.1. The monoisotopic (exact) mass is 534 g/mol. The third-order valence-corrected chi connectivity index (χ3v) is 8.19. The highest BCUT2D eigenvalue weighted by molar-refractivity contribution is 7.98. The fourth-order valence-electron chi connectivity index (χ4n) is 5.55. The van der Waals surface area contributed by atoms with Crippen molar-refractivity contribution in [1.29, 1.82) is 0 Å². The first-order valence-electron chi connectivity index (χ1n) is 12.4. The molecule has 1 aliphatic heterocycles. The molecule has 4 rings (SSSR count). The third kappa shape index (κ3) is 5.90. The number of pyridine rings is 1. The SMILES string of the molecule is CSc1cc(C)[nH]c(=O)c1CNC(=O)c1c(C)n([C@H](C)C2CCN(CC(F)(F)F)CC2)c2ccccc12. The molecule has 0 aliphatic carbocycles. The first-order chi connectivity index (χ1) is 17.5. The van der Waals surface area contributed by atoms with Crippen LogP contribution >= 0.6 is 11.8 Å². The molecule has 1 saturated heterocycles. The number of carbonyl (C=O) groups excluding carboxylic acids is 1. The van der Waals surface area contributed by atoms with E-state index >= 15 is 0 Å². The maximum Gasteiger partial charge on any atom is 0.401 e. The van der Waals surface area contributed by atoms with Crippen molar-refractivity contribution in [3.8, 4) is 0 Å². The number of piperidine rings is 1. The summed E-state index contributed by atoms with van der Waals surface area (Å²) in [6.07, 6.45) is -0.961. The van der Waals surface area contributed by atoms with Gasteiger partial charge in [-0.25, -0.2) is 0 Å². The van der Waals surface area contributed by atoms with E-state index in [-0.39, 0.29) is 30.0 Å². The Labute approximate surface area is 218 Å². The summed E-state index contributed by atoms with van der Waals surface area (Å²) in [6.45, 7) is 5.87. The van der Waals surface area contributed by atoms with Gasteiger partial charge >= 0.3 is 6.18 Å². The van der Waals surface area contributed by atoms with Gasteiger partial charge in [-0.15, -0.1) is 11.8 Å². The van der Waals surface area contributed by atoms with E-state index in [1.165, 1.54) is 16.7 Å². The molecule has 1 aromatic carbocycles. The van der Waals surface area contributed by atoms with Gasteiger partial charge in [0.2, 0.25) is 0 Å². The normalized spacial score (nSPS) is 16.3. The molecular weight excluding hydrogens is 501 g/mol. The van der Waals surface area contributed by atoms with Gasteiger partial charge in [0, 0.05) is 45.3 Å². The van der Waals surface area contributed by atoms with Crippen molar-refractivity contribution in [3.05, 3.63) is 63.2 Å². The highest BCUT2D eigenvalue weighted by Crippen LogP contribution is 2.36. The van der Waals surface area contributed by atoms with Crippen molar-refractivity contribution >= 4 is 28.6 Å². The molecule has 0 spiro atoms. The molecule has 0 bridgehead atoms. The number of H-pyrrole nitrogens is 1. The summed E-state index contributed by atoms with van der Waals surface area (Å²) >= 11 is 1.46. The van der Waals surface area contributed by atoms with Gasteiger partial charge in [-0.2, -0.15) is 13.2 Å². The Kier molecular flexibility index (Phi) is 8.08. The van der Waals surface area contributed by atoms with Crippen molar-refractivity contribution in [2.45, 2.75) is 57.3 Å². The Morgan fingerprint density at radius 1 is 1.22 bits per heavy atom. The molecule has 2 N–H and O–H groups in total. The lowest BCUT2D eigenvalue weighted by Gasteiger charge is -2.36. The molecule has 37 heavy (non-hydrogen) atoms. The molecule has 6 nitrogen and oxygen atoms in total. The predicted molar refractivity (Wildman–Crippen MR) is 141 cm³/mol. The number of aromatic nitrogens is 2. The van der Waals surface area contributed by atoms with Crippen LogP contribution in [0, 0.1) is 19.8 Å². The smallest absolute Gasteiger partial charge is 0.348 e. The van der Waals surface area contributed by atoms with E-state index in [0.717, 1.165) is 27.2 Å². The van der Waals surface area contributed by atoms with E-state index in [0.29, 0.717) is 37.1 Å². The Morgan fingerprint density at radius 3 is 2.54 bits per heavy atom. The van der Waals surface area contributed by atoms with Gasteiger partial charge < -0.3 is 14.9 Å². The third-order valence-electron chi connectivity index (χ3n) is 7.38. The zero-order valence-electron chi connectivity index (χ0n) is 21.5. The summed E-state index contributed by atoms with van der Waals surface area (Å²) in [5.74, 6) is -0.0585. The molecule has 1 aliphatic rings. The quantitative estimate of drug-likeness (QED) is 0.397. The van der Waals surface area contributed by atoms with Gasteiger partial charge in [-0.3, -0.25) is 14.5 Å². The molecular formula is C27H33F3N4O2S. The van der Waals surface area contributed by atoms with Gasteiger partial charge in [0.05, 0.1) is 12.1 Å². The van der Waals surface area contributed by atoms with Gasteiger partial charge in [-0.05, 0) is 71.0 Å². The van der Waals surface area contributed by atoms with Crippen molar-refractivity contribution in [2.24, 2.45) is 5.92 Å². The zero-order chi connectivity index (χ0) is 26.9. The second-order valence-corrected chi connectivity index (χ2v) is 10.7. The molecule has 3 heterocycles. The maximum atomic E-state index is 13.5. The Morgan fingerprint density at radius 2 is 1.89 bits per heavy atom. The highest BCUT2D eigenvalue weighted by Gasteiger charge is 2.34. The van der Waals surface area contributed by atoms with E-state index in [1.54, 1.807) is 0 Å². The van der Waals surface area contributed by atoms with Crippen LogP contribution in [0.4, 0.5) is 13.2 Å². The van der Waals surface area contributed by atoms with Crippen molar-refractivity contribution in [1.82, 2.24) is 19.8 Å². The molecule has 0 radical (unpaired) electrons. The number of nitrogens with one attached hydrogen (secondary N) is 2. The van der Waals surface area contributed by atoms with Crippen LogP contribution in [0.25, 0.3) is 10.9 Å². The summed E-state index contributed by atoms with van der Waals surface area (Å²) < 4.78 is 40.6. The van der Waals surface area contributed by atoms with Gasteiger partial charge in [0.25, 0.3) is 11.5 Å². The molecule has 1 fully saturated rings. The predicted octanol–water partition coefficient (Wildman–Crippen LogP) is 5.43. The number of rotatable bonds is 7. The first-order valence-corrected chi connectivity index (χ1v) is 13.7. The van der Waals surface area contributed by atoms with Crippen LogP contribution in [0.5, 0.6) is 0 Å². The molecule has 200 valence electrons. The number of hydrogen-bond donors (Lipinski definition) is 2. The van der Waals surface area contributed by atoms with Crippen molar-refractivity contribution < 1.29 is 18.0 Å². The van der Waals surface area contributed by atoms with E-state index in [4.69, 9.17) is 0 Å². The van der Waals surface area contributed by atoms with Crippen LogP contribution in [0.3, 0.4) is 0 Å². The minimum atomic E-state index is -4.19. The fraction of sp³-hybridized carbons (Fsp3) is 0.481. The minimum Gasteiger partial charge on any atom is -0.348 e. The number of amides is 1. The molecule has 0 unspecified atom stereocenters.